The molecule has 0 saturated carbocycles. The van der Waals surface area contributed by atoms with Crippen LogP contribution in [0.1, 0.15) is 10.4 Å². The Balaban J connectivity index is 2.15. The summed E-state index contributed by atoms with van der Waals surface area (Å²) in [7, 11) is 2.59. The Morgan fingerprint density at radius 3 is 2.07 bits per heavy atom. The zero-order valence-electron chi connectivity index (χ0n) is 14.6. The van der Waals surface area contributed by atoms with Crippen LogP contribution >= 0.6 is 0 Å². The maximum absolute atomic E-state index is 12.9. The lowest BCUT2D eigenvalue weighted by molar-refractivity contribution is -0.136. The standard InChI is InChI=1S/C20H15NO6/c1-26-14-10-8-12(9-11-14)17(22)15-16(20(25)27-2)21(19(24)18(15)23)13-6-4-3-5-7-13/h3-11H,1-2H3. The van der Waals surface area contributed by atoms with Gasteiger partial charge in [0.25, 0.3) is 5.78 Å². The van der Waals surface area contributed by atoms with Crippen LogP contribution in [0.4, 0.5) is 5.69 Å². The van der Waals surface area contributed by atoms with Gasteiger partial charge < -0.3 is 9.47 Å². The number of amides is 1. The summed E-state index contributed by atoms with van der Waals surface area (Å²) < 4.78 is 9.76. The van der Waals surface area contributed by atoms with E-state index in [-0.39, 0.29) is 16.9 Å². The number of esters is 1. The van der Waals surface area contributed by atoms with E-state index in [0.717, 1.165) is 12.0 Å². The van der Waals surface area contributed by atoms with E-state index in [0.29, 0.717) is 5.75 Å². The predicted octanol–water partition coefficient (Wildman–Crippen LogP) is 1.92. The molecule has 7 heteroatoms. The van der Waals surface area contributed by atoms with Crippen molar-refractivity contribution in [2.45, 2.75) is 0 Å². The number of para-hydroxylation sites is 1. The molecule has 0 N–H and O–H groups in total. The third-order valence-corrected chi connectivity index (χ3v) is 4.06. The number of carbonyl (C=O) groups is 4. The first-order valence-electron chi connectivity index (χ1n) is 7.94. The molecule has 0 saturated heterocycles. The number of anilines is 1. The second-order valence-corrected chi connectivity index (χ2v) is 5.58. The summed E-state index contributed by atoms with van der Waals surface area (Å²) in [4.78, 5) is 51.2. The second kappa shape index (κ2) is 7.25. The molecule has 0 unspecified atom stereocenters. The van der Waals surface area contributed by atoms with Crippen molar-refractivity contribution in [1.82, 2.24) is 0 Å². The van der Waals surface area contributed by atoms with Gasteiger partial charge in [0.15, 0.2) is 11.5 Å². The maximum atomic E-state index is 12.9. The Bertz CT molecular complexity index is 960. The van der Waals surface area contributed by atoms with Crippen LogP contribution in [0, 0.1) is 0 Å². The first kappa shape index (κ1) is 18.1. The van der Waals surface area contributed by atoms with E-state index in [1.807, 2.05) is 0 Å². The third kappa shape index (κ3) is 3.10. The summed E-state index contributed by atoms with van der Waals surface area (Å²) in [5.41, 5.74) is -0.475. The predicted molar refractivity (Wildman–Crippen MR) is 95.3 cm³/mol. The van der Waals surface area contributed by atoms with Crippen LogP contribution in [-0.2, 0) is 19.1 Å². The van der Waals surface area contributed by atoms with Crippen LogP contribution in [0.15, 0.2) is 65.9 Å². The average Bonchev–Trinajstić information content (AvgIpc) is 2.98. The van der Waals surface area contributed by atoms with Crippen LogP contribution in [0.5, 0.6) is 5.75 Å². The highest BCUT2D eigenvalue weighted by Crippen LogP contribution is 2.31. The summed E-state index contributed by atoms with van der Waals surface area (Å²) in [6, 6.07) is 14.1. The fourth-order valence-corrected chi connectivity index (χ4v) is 2.74. The molecule has 0 atom stereocenters. The molecule has 1 heterocycles. The largest absolute Gasteiger partial charge is 0.497 e. The van der Waals surface area contributed by atoms with Crippen molar-refractivity contribution in [3.05, 3.63) is 71.4 Å². The second-order valence-electron chi connectivity index (χ2n) is 5.58. The minimum absolute atomic E-state index is 0.142. The van der Waals surface area contributed by atoms with Crippen molar-refractivity contribution in [2.24, 2.45) is 0 Å². The number of rotatable bonds is 5. The quantitative estimate of drug-likeness (QED) is 0.348. The van der Waals surface area contributed by atoms with Gasteiger partial charge in [-0.2, -0.15) is 0 Å². The lowest BCUT2D eigenvalue weighted by atomic mass is 10.00. The molecule has 0 spiro atoms. The van der Waals surface area contributed by atoms with Crippen molar-refractivity contribution in [1.29, 1.82) is 0 Å². The van der Waals surface area contributed by atoms with Gasteiger partial charge in [-0.3, -0.25) is 19.3 Å². The molecular weight excluding hydrogens is 350 g/mol. The summed E-state index contributed by atoms with van der Waals surface area (Å²) in [6.07, 6.45) is 0. The van der Waals surface area contributed by atoms with Crippen LogP contribution in [0.25, 0.3) is 0 Å². The molecular formula is C20H15NO6. The zero-order valence-corrected chi connectivity index (χ0v) is 14.6. The number of benzene rings is 2. The van der Waals surface area contributed by atoms with Gasteiger partial charge in [0.1, 0.15) is 11.3 Å². The molecule has 0 fully saturated rings. The number of Topliss-reactive ketones (excluding diaryl/α,β-unsaturated/α-hetero) is 2. The lowest BCUT2D eigenvalue weighted by Gasteiger charge is -2.18. The molecule has 27 heavy (non-hydrogen) atoms. The topological polar surface area (TPSA) is 90.0 Å². The van der Waals surface area contributed by atoms with Gasteiger partial charge in [0.05, 0.1) is 14.2 Å². The van der Waals surface area contributed by atoms with Gasteiger partial charge in [-0.05, 0) is 36.4 Å². The van der Waals surface area contributed by atoms with Crippen molar-refractivity contribution in [3.8, 4) is 5.75 Å². The fourth-order valence-electron chi connectivity index (χ4n) is 2.74. The summed E-state index contributed by atoms with van der Waals surface area (Å²) in [5, 5.41) is 0. The first-order valence-corrected chi connectivity index (χ1v) is 7.94. The SMILES string of the molecule is COC(=O)C1=C(C(=O)c2ccc(OC)cc2)C(=O)C(=O)N1c1ccccc1. The highest BCUT2D eigenvalue weighted by atomic mass is 16.5. The van der Waals surface area contributed by atoms with E-state index in [1.165, 1.54) is 19.2 Å². The summed E-state index contributed by atoms with van der Waals surface area (Å²) >= 11 is 0. The highest BCUT2D eigenvalue weighted by Gasteiger charge is 2.46. The monoisotopic (exact) mass is 365 g/mol. The lowest BCUT2D eigenvalue weighted by Crippen LogP contribution is -2.31. The van der Waals surface area contributed by atoms with Crippen molar-refractivity contribution >= 4 is 29.1 Å². The number of hydrogen-bond donors (Lipinski definition) is 0. The van der Waals surface area contributed by atoms with Gasteiger partial charge in [-0.1, -0.05) is 18.2 Å². The van der Waals surface area contributed by atoms with E-state index in [1.54, 1.807) is 42.5 Å². The van der Waals surface area contributed by atoms with E-state index >= 15 is 0 Å². The fraction of sp³-hybridized carbons (Fsp3) is 0.100. The van der Waals surface area contributed by atoms with E-state index in [2.05, 4.69) is 0 Å². The number of ether oxygens (including phenoxy) is 2. The minimum atomic E-state index is -1.06. The van der Waals surface area contributed by atoms with E-state index in [4.69, 9.17) is 9.47 Å². The van der Waals surface area contributed by atoms with Gasteiger partial charge >= 0.3 is 11.9 Å². The van der Waals surface area contributed by atoms with Crippen LogP contribution in [0.2, 0.25) is 0 Å². The molecule has 2 aromatic rings. The van der Waals surface area contributed by atoms with Crippen molar-refractivity contribution in [2.75, 3.05) is 19.1 Å². The molecule has 1 aliphatic rings. The maximum Gasteiger partial charge on any atom is 0.356 e. The molecule has 1 amide bonds. The van der Waals surface area contributed by atoms with Crippen LogP contribution < -0.4 is 9.64 Å². The normalized spacial score (nSPS) is 13.8. The van der Waals surface area contributed by atoms with Crippen LogP contribution in [-0.4, -0.2) is 37.7 Å². The minimum Gasteiger partial charge on any atom is -0.497 e. The highest BCUT2D eigenvalue weighted by molar-refractivity contribution is 6.59. The number of hydrogen-bond acceptors (Lipinski definition) is 6. The zero-order chi connectivity index (χ0) is 19.6. The summed E-state index contributed by atoms with van der Waals surface area (Å²) in [6.45, 7) is 0. The number of ketones is 2. The molecule has 136 valence electrons. The Morgan fingerprint density at radius 1 is 0.889 bits per heavy atom. The average molecular weight is 365 g/mol. The Hall–Kier alpha value is -3.74. The van der Waals surface area contributed by atoms with E-state index in [9.17, 15) is 19.2 Å². The van der Waals surface area contributed by atoms with Crippen molar-refractivity contribution < 1.29 is 28.7 Å². The molecule has 1 aliphatic heterocycles. The third-order valence-electron chi connectivity index (χ3n) is 4.06. The molecule has 3 rings (SSSR count). The van der Waals surface area contributed by atoms with Gasteiger partial charge in [-0.15, -0.1) is 0 Å². The molecule has 7 nitrogen and oxygen atoms in total. The smallest absolute Gasteiger partial charge is 0.356 e. The Kier molecular flexibility index (Phi) is 4.85. The van der Waals surface area contributed by atoms with Gasteiger partial charge in [-0.25, -0.2) is 4.79 Å². The molecule has 0 aliphatic carbocycles. The van der Waals surface area contributed by atoms with Crippen molar-refractivity contribution in [3.63, 3.8) is 0 Å². The summed E-state index contributed by atoms with van der Waals surface area (Å²) in [5.74, 6) is -3.21. The van der Waals surface area contributed by atoms with Gasteiger partial charge in [0.2, 0.25) is 0 Å². The Labute approximate surface area is 154 Å². The molecule has 2 aromatic carbocycles. The number of carbonyl (C=O) groups excluding carboxylic acids is 4. The Morgan fingerprint density at radius 2 is 1.52 bits per heavy atom. The number of methoxy groups -OCH3 is 2. The number of nitrogens with zero attached hydrogens (tertiary/aromatic N) is 1. The first-order chi connectivity index (χ1) is 13.0. The van der Waals surface area contributed by atoms with Crippen LogP contribution in [0.3, 0.4) is 0 Å². The molecule has 0 aromatic heterocycles. The van der Waals surface area contributed by atoms with Gasteiger partial charge in [0, 0.05) is 11.3 Å². The molecule has 0 radical (unpaired) electrons. The molecule has 0 bridgehead atoms. The van der Waals surface area contributed by atoms with E-state index < -0.39 is 29.0 Å².